The van der Waals surface area contributed by atoms with Crippen molar-refractivity contribution in [1.82, 2.24) is 15.1 Å². The standard InChI is InChI=1S/C11H17N3O3/c1-7-5-8(13-14(7)4)9(15)12-6-11(2,3)10(16)17/h5H,6H2,1-4H3,(H,12,15)(H,16,17). The van der Waals surface area contributed by atoms with Crippen LogP contribution in [-0.4, -0.2) is 33.3 Å². The molecule has 1 aromatic rings. The SMILES string of the molecule is Cc1cc(C(=O)NCC(C)(C)C(=O)O)nn1C. The first-order valence-corrected chi connectivity index (χ1v) is 5.26. The molecule has 1 heterocycles. The van der Waals surface area contributed by atoms with Crippen LogP contribution >= 0.6 is 0 Å². The molecule has 0 spiro atoms. The number of hydrogen-bond donors (Lipinski definition) is 2. The Labute approximate surface area is 99.6 Å². The first-order chi connectivity index (χ1) is 7.74. The van der Waals surface area contributed by atoms with Crippen molar-refractivity contribution in [1.29, 1.82) is 0 Å². The average molecular weight is 239 g/mol. The molecular weight excluding hydrogens is 222 g/mol. The van der Waals surface area contributed by atoms with E-state index >= 15 is 0 Å². The smallest absolute Gasteiger partial charge is 0.310 e. The Bertz CT molecular complexity index is 429. The molecule has 1 amide bonds. The fourth-order valence-corrected chi connectivity index (χ4v) is 1.14. The third kappa shape index (κ3) is 3.05. The number of nitrogens with zero attached hydrogens (tertiary/aromatic N) is 2. The minimum absolute atomic E-state index is 0.0663. The monoisotopic (exact) mass is 239 g/mol. The van der Waals surface area contributed by atoms with Crippen molar-refractivity contribution >= 4 is 11.9 Å². The lowest BCUT2D eigenvalue weighted by molar-refractivity contribution is -0.146. The van der Waals surface area contributed by atoms with E-state index in [2.05, 4.69) is 10.4 Å². The Hall–Kier alpha value is -1.85. The molecule has 0 aliphatic rings. The minimum Gasteiger partial charge on any atom is -0.481 e. The van der Waals surface area contributed by atoms with Crippen LogP contribution in [0.4, 0.5) is 0 Å². The second-order valence-corrected chi connectivity index (χ2v) is 4.67. The highest BCUT2D eigenvalue weighted by atomic mass is 16.4. The number of carboxylic acid groups (broad SMARTS) is 1. The fourth-order valence-electron chi connectivity index (χ4n) is 1.14. The fraction of sp³-hybridized carbons (Fsp3) is 0.545. The molecule has 0 fully saturated rings. The molecule has 0 aromatic carbocycles. The van der Waals surface area contributed by atoms with Gasteiger partial charge < -0.3 is 10.4 Å². The van der Waals surface area contributed by atoms with Crippen LogP contribution in [0.3, 0.4) is 0 Å². The predicted octanol–water partition coefficient (Wildman–Crippen LogP) is 0.569. The van der Waals surface area contributed by atoms with E-state index in [0.717, 1.165) is 5.69 Å². The van der Waals surface area contributed by atoms with Gasteiger partial charge in [-0.2, -0.15) is 5.10 Å². The van der Waals surface area contributed by atoms with Gasteiger partial charge in [0.1, 0.15) is 5.69 Å². The number of carbonyl (C=O) groups excluding carboxylic acids is 1. The summed E-state index contributed by atoms with van der Waals surface area (Å²) in [4.78, 5) is 22.6. The number of amides is 1. The van der Waals surface area contributed by atoms with Crippen molar-refractivity contribution in [3.63, 3.8) is 0 Å². The minimum atomic E-state index is -0.987. The van der Waals surface area contributed by atoms with Crippen LogP contribution in [0.15, 0.2) is 6.07 Å². The van der Waals surface area contributed by atoms with Crippen LogP contribution in [0.5, 0.6) is 0 Å². The van der Waals surface area contributed by atoms with Crippen LogP contribution in [0.2, 0.25) is 0 Å². The van der Waals surface area contributed by atoms with Crippen molar-refractivity contribution in [3.8, 4) is 0 Å². The maximum atomic E-state index is 11.7. The van der Waals surface area contributed by atoms with Crippen molar-refractivity contribution < 1.29 is 14.7 Å². The molecule has 0 bridgehead atoms. The Morgan fingerprint density at radius 2 is 2.12 bits per heavy atom. The second-order valence-electron chi connectivity index (χ2n) is 4.67. The van der Waals surface area contributed by atoms with Crippen LogP contribution in [0.25, 0.3) is 0 Å². The molecule has 0 saturated heterocycles. The van der Waals surface area contributed by atoms with Crippen LogP contribution in [0.1, 0.15) is 30.0 Å². The lowest BCUT2D eigenvalue weighted by Gasteiger charge is -2.18. The van der Waals surface area contributed by atoms with Crippen molar-refractivity contribution in [2.75, 3.05) is 6.54 Å². The summed E-state index contributed by atoms with van der Waals surface area (Å²) in [5.41, 5.74) is 0.179. The molecule has 6 heteroatoms. The van der Waals surface area contributed by atoms with Gasteiger partial charge >= 0.3 is 5.97 Å². The first kappa shape index (κ1) is 13.2. The van der Waals surface area contributed by atoms with E-state index in [0.29, 0.717) is 5.69 Å². The molecule has 0 saturated carbocycles. The molecule has 2 N–H and O–H groups in total. The zero-order chi connectivity index (χ0) is 13.2. The number of carboxylic acids is 1. The van der Waals surface area contributed by atoms with Gasteiger partial charge in [-0.25, -0.2) is 0 Å². The first-order valence-electron chi connectivity index (χ1n) is 5.26. The van der Waals surface area contributed by atoms with Gasteiger partial charge in [-0.1, -0.05) is 0 Å². The average Bonchev–Trinajstić information content (AvgIpc) is 2.56. The number of rotatable bonds is 4. The zero-order valence-electron chi connectivity index (χ0n) is 10.4. The third-order valence-corrected chi connectivity index (χ3v) is 2.62. The Morgan fingerprint density at radius 1 is 1.53 bits per heavy atom. The molecule has 0 atom stereocenters. The van der Waals surface area contributed by atoms with Gasteiger partial charge in [0.05, 0.1) is 5.41 Å². The Morgan fingerprint density at radius 3 is 2.53 bits per heavy atom. The number of aryl methyl sites for hydroxylation is 2. The molecule has 0 unspecified atom stereocenters. The molecular formula is C11H17N3O3. The van der Waals surface area contributed by atoms with E-state index in [-0.39, 0.29) is 12.5 Å². The lowest BCUT2D eigenvalue weighted by Crippen LogP contribution is -2.39. The zero-order valence-corrected chi connectivity index (χ0v) is 10.4. The predicted molar refractivity (Wildman–Crippen MR) is 61.7 cm³/mol. The highest BCUT2D eigenvalue weighted by molar-refractivity contribution is 5.92. The molecule has 1 aromatic heterocycles. The molecule has 1 rings (SSSR count). The van der Waals surface area contributed by atoms with E-state index in [1.807, 2.05) is 6.92 Å². The summed E-state index contributed by atoms with van der Waals surface area (Å²) in [6.07, 6.45) is 0. The van der Waals surface area contributed by atoms with Gasteiger partial charge in [-0.15, -0.1) is 0 Å². The van der Waals surface area contributed by atoms with Crippen LogP contribution in [0, 0.1) is 12.3 Å². The number of aromatic nitrogens is 2. The molecule has 94 valence electrons. The maximum absolute atomic E-state index is 11.7. The van der Waals surface area contributed by atoms with Gasteiger partial charge in [-0.05, 0) is 26.8 Å². The molecule has 6 nitrogen and oxygen atoms in total. The van der Waals surface area contributed by atoms with Crippen LogP contribution < -0.4 is 5.32 Å². The third-order valence-electron chi connectivity index (χ3n) is 2.62. The highest BCUT2D eigenvalue weighted by Gasteiger charge is 2.28. The van der Waals surface area contributed by atoms with Gasteiger partial charge in [0, 0.05) is 19.3 Å². The summed E-state index contributed by atoms with van der Waals surface area (Å²) in [5.74, 6) is -1.31. The summed E-state index contributed by atoms with van der Waals surface area (Å²) in [6, 6.07) is 1.66. The summed E-state index contributed by atoms with van der Waals surface area (Å²) in [5, 5.41) is 15.5. The summed E-state index contributed by atoms with van der Waals surface area (Å²) >= 11 is 0. The van der Waals surface area contributed by atoms with Gasteiger partial charge in [0.15, 0.2) is 0 Å². The van der Waals surface area contributed by atoms with Gasteiger partial charge in [0.2, 0.25) is 0 Å². The second kappa shape index (κ2) is 4.57. The topological polar surface area (TPSA) is 84.2 Å². The summed E-state index contributed by atoms with van der Waals surface area (Å²) in [6.45, 7) is 5.01. The Balaban J connectivity index is 2.65. The van der Waals surface area contributed by atoms with E-state index in [1.165, 1.54) is 0 Å². The highest BCUT2D eigenvalue weighted by Crippen LogP contribution is 2.13. The summed E-state index contributed by atoms with van der Waals surface area (Å²) < 4.78 is 1.59. The summed E-state index contributed by atoms with van der Waals surface area (Å²) in [7, 11) is 1.74. The number of nitrogens with one attached hydrogen (secondary N) is 1. The van der Waals surface area contributed by atoms with E-state index in [1.54, 1.807) is 31.6 Å². The van der Waals surface area contributed by atoms with Crippen molar-refractivity contribution in [2.45, 2.75) is 20.8 Å². The van der Waals surface area contributed by atoms with E-state index < -0.39 is 11.4 Å². The number of carbonyl (C=O) groups is 2. The van der Waals surface area contributed by atoms with Crippen molar-refractivity contribution in [3.05, 3.63) is 17.5 Å². The molecule has 17 heavy (non-hydrogen) atoms. The largest absolute Gasteiger partial charge is 0.481 e. The van der Waals surface area contributed by atoms with Gasteiger partial charge in [0.25, 0.3) is 5.91 Å². The molecule has 0 aliphatic heterocycles. The van der Waals surface area contributed by atoms with Gasteiger partial charge in [-0.3, -0.25) is 14.3 Å². The maximum Gasteiger partial charge on any atom is 0.310 e. The van der Waals surface area contributed by atoms with Crippen molar-refractivity contribution in [2.24, 2.45) is 12.5 Å². The number of aliphatic carboxylic acids is 1. The lowest BCUT2D eigenvalue weighted by atomic mass is 9.94. The molecule has 0 radical (unpaired) electrons. The van der Waals surface area contributed by atoms with Crippen LogP contribution in [-0.2, 0) is 11.8 Å². The van der Waals surface area contributed by atoms with E-state index in [9.17, 15) is 9.59 Å². The van der Waals surface area contributed by atoms with E-state index in [4.69, 9.17) is 5.11 Å². The molecule has 0 aliphatic carbocycles. The Kier molecular flexibility index (Phi) is 3.55. The normalized spacial score (nSPS) is 11.3. The number of hydrogen-bond acceptors (Lipinski definition) is 3. The quantitative estimate of drug-likeness (QED) is 0.804.